The smallest absolute Gasteiger partial charge is 0.191 e. The highest BCUT2D eigenvalue weighted by Crippen LogP contribution is 2.07. The van der Waals surface area contributed by atoms with Gasteiger partial charge in [0.05, 0.1) is 12.7 Å². The van der Waals surface area contributed by atoms with E-state index in [1.54, 1.807) is 19.7 Å². The predicted octanol–water partition coefficient (Wildman–Crippen LogP) is 0.580. The number of aliphatic imine (C=N–C) groups is 1. The third-order valence-corrected chi connectivity index (χ3v) is 4.17. The zero-order valence-corrected chi connectivity index (χ0v) is 15.8. The van der Waals surface area contributed by atoms with E-state index < -0.39 is 0 Å². The molecule has 25 heavy (non-hydrogen) atoms. The van der Waals surface area contributed by atoms with Crippen LogP contribution in [0.4, 0.5) is 0 Å². The summed E-state index contributed by atoms with van der Waals surface area (Å²) < 4.78 is 7.86. The molecule has 0 spiro atoms. The molecule has 0 saturated carbocycles. The molecule has 8 nitrogen and oxygen atoms in total. The van der Waals surface area contributed by atoms with Gasteiger partial charge in [-0.1, -0.05) is 13.8 Å². The Balaban J connectivity index is 1.58. The molecule has 1 aliphatic rings. The molecule has 1 unspecified atom stereocenters. The minimum Gasteiger partial charge on any atom is -0.374 e. The van der Waals surface area contributed by atoms with Crippen molar-refractivity contribution in [1.29, 1.82) is 0 Å². The van der Waals surface area contributed by atoms with Crippen molar-refractivity contribution < 1.29 is 4.74 Å². The van der Waals surface area contributed by atoms with E-state index in [-0.39, 0.29) is 6.10 Å². The summed E-state index contributed by atoms with van der Waals surface area (Å²) in [5.41, 5.74) is 0. The van der Waals surface area contributed by atoms with E-state index in [1.165, 1.54) is 0 Å². The lowest BCUT2D eigenvalue weighted by molar-refractivity contribution is -0.0284. The highest BCUT2D eigenvalue weighted by molar-refractivity contribution is 5.79. The first-order valence-corrected chi connectivity index (χ1v) is 9.28. The summed E-state index contributed by atoms with van der Waals surface area (Å²) in [4.78, 5) is 6.78. The topological polar surface area (TPSA) is 79.6 Å². The van der Waals surface area contributed by atoms with Crippen LogP contribution in [0.2, 0.25) is 0 Å². The van der Waals surface area contributed by atoms with Crippen molar-refractivity contribution in [2.45, 2.75) is 39.3 Å². The van der Waals surface area contributed by atoms with E-state index >= 15 is 0 Å². The number of nitrogens with zero attached hydrogens (tertiary/aromatic N) is 5. The fourth-order valence-corrected chi connectivity index (χ4v) is 2.98. The number of rotatable bonds is 9. The van der Waals surface area contributed by atoms with Crippen molar-refractivity contribution in [3.63, 3.8) is 0 Å². The number of hydrogen-bond acceptors (Lipinski definition) is 5. The Kier molecular flexibility index (Phi) is 8.68. The second-order valence-corrected chi connectivity index (χ2v) is 6.93. The molecule has 2 heterocycles. The fourth-order valence-electron chi connectivity index (χ4n) is 2.98. The first kappa shape index (κ1) is 19.7. The summed E-state index contributed by atoms with van der Waals surface area (Å²) in [6.07, 6.45) is 5.88. The van der Waals surface area contributed by atoms with Crippen LogP contribution in [0.25, 0.3) is 0 Å². The minimum atomic E-state index is 0.222. The largest absolute Gasteiger partial charge is 0.374 e. The van der Waals surface area contributed by atoms with Gasteiger partial charge in [0.25, 0.3) is 0 Å². The van der Waals surface area contributed by atoms with Crippen molar-refractivity contribution in [3.8, 4) is 0 Å². The first-order valence-electron chi connectivity index (χ1n) is 9.28. The zero-order valence-electron chi connectivity index (χ0n) is 15.8. The first-order chi connectivity index (χ1) is 12.2. The summed E-state index contributed by atoms with van der Waals surface area (Å²) in [6, 6.07) is 0. The van der Waals surface area contributed by atoms with E-state index in [9.17, 15) is 0 Å². The van der Waals surface area contributed by atoms with E-state index in [0.717, 1.165) is 64.7 Å². The van der Waals surface area contributed by atoms with Crippen LogP contribution in [-0.4, -0.2) is 78.1 Å². The van der Waals surface area contributed by atoms with Gasteiger partial charge in [0.1, 0.15) is 12.7 Å². The molecule has 1 aliphatic heterocycles. The van der Waals surface area contributed by atoms with E-state index in [2.05, 4.69) is 44.6 Å². The molecule has 0 radical (unpaired) electrons. The molecule has 1 aromatic heterocycles. The summed E-state index contributed by atoms with van der Waals surface area (Å²) in [5, 5.41) is 14.4. The van der Waals surface area contributed by atoms with E-state index in [0.29, 0.717) is 5.92 Å². The van der Waals surface area contributed by atoms with Gasteiger partial charge in [0.2, 0.25) is 0 Å². The lowest BCUT2D eigenvalue weighted by Gasteiger charge is -2.34. The molecule has 2 rings (SSSR count). The van der Waals surface area contributed by atoms with Gasteiger partial charge in [-0.2, -0.15) is 0 Å². The molecule has 1 saturated heterocycles. The molecule has 2 N–H and O–H groups in total. The molecular weight excluding hydrogens is 318 g/mol. The van der Waals surface area contributed by atoms with E-state index in [1.807, 2.05) is 4.57 Å². The Morgan fingerprint density at radius 3 is 2.80 bits per heavy atom. The Bertz CT molecular complexity index is 489. The van der Waals surface area contributed by atoms with Gasteiger partial charge in [-0.05, 0) is 18.8 Å². The quantitative estimate of drug-likeness (QED) is 0.385. The Morgan fingerprint density at radius 2 is 2.08 bits per heavy atom. The molecule has 0 aromatic carbocycles. The molecule has 8 heteroatoms. The van der Waals surface area contributed by atoms with Gasteiger partial charge in [-0.3, -0.25) is 9.89 Å². The van der Waals surface area contributed by atoms with Crippen LogP contribution in [0, 0.1) is 5.92 Å². The number of nitrogens with one attached hydrogen (secondary N) is 2. The highest BCUT2D eigenvalue weighted by atomic mass is 16.5. The number of ether oxygens (including phenoxy) is 1. The third kappa shape index (κ3) is 7.83. The number of aromatic nitrogens is 3. The van der Waals surface area contributed by atoms with Crippen LogP contribution in [-0.2, 0) is 11.3 Å². The van der Waals surface area contributed by atoms with E-state index in [4.69, 9.17) is 4.74 Å². The molecule has 0 bridgehead atoms. The Morgan fingerprint density at radius 1 is 1.28 bits per heavy atom. The Hall–Kier alpha value is -1.67. The molecule has 0 aliphatic carbocycles. The second kappa shape index (κ2) is 11.0. The number of guanidine groups is 1. The maximum Gasteiger partial charge on any atom is 0.191 e. The van der Waals surface area contributed by atoms with Crippen molar-refractivity contribution >= 4 is 5.96 Å². The molecule has 1 atom stereocenters. The number of unbranched alkanes of at least 4 members (excludes halogenated alkanes) is 1. The standard InChI is InChI=1S/C17H33N7O/c1-15(2)11-23-8-9-25-16(12-23)10-20-17(18-3)19-6-4-5-7-24-13-21-22-14-24/h13-16H,4-12H2,1-3H3,(H2,18,19,20). The normalized spacial score (nSPS) is 19.4. The fraction of sp³-hybridized carbons (Fsp3) is 0.824. The minimum absolute atomic E-state index is 0.222. The van der Waals surface area contributed by atoms with Crippen LogP contribution in [0.5, 0.6) is 0 Å². The monoisotopic (exact) mass is 351 g/mol. The number of morpholine rings is 1. The van der Waals surface area contributed by atoms with Crippen molar-refractivity contribution in [2.24, 2.45) is 10.9 Å². The molecule has 1 fully saturated rings. The van der Waals surface area contributed by atoms with Crippen LogP contribution in [0.15, 0.2) is 17.6 Å². The lowest BCUT2D eigenvalue weighted by Crippen LogP contribution is -2.50. The molecule has 1 aromatic rings. The Labute approximate surface area is 151 Å². The summed E-state index contributed by atoms with van der Waals surface area (Å²) in [6.45, 7) is 11.1. The van der Waals surface area contributed by atoms with Crippen LogP contribution < -0.4 is 10.6 Å². The molecule has 0 amide bonds. The third-order valence-electron chi connectivity index (χ3n) is 4.17. The summed E-state index contributed by atoms with van der Waals surface area (Å²) >= 11 is 0. The van der Waals surface area contributed by atoms with Crippen LogP contribution in [0.1, 0.15) is 26.7 Å². The van der Waals surface area contributed by atoms with Gasteiger partial charge >= 0.3 is 0 Å². The van der Waals surface area contributed by atoms with Gasteiger partial charge in [0.15, 0.2) is 5.96 Å². The van der Waals surface area contributed by atoms with Crippen molar-refractivity contribution in [3.05, 3.63) is 12.7 Å². The van der Waals surface area contributed by atoms with Gasteiger partial charge < -0.3 is 19.9 Å². The van der Waals surface area contributed by atoms with Crippen LogP contribution >= 0.6 is 0 Å². The molecular formula is C17H33N7O. The average Bonchev–Trinajstić information content (AvgIpc) is 3.10. The van der Waals surface area contributed by atoms with Gasteiger partial charge in [0, 0.05) is 46.3 Å². The van der Waals surface area contributed by atoms with Crippen molar-refractivity contribution in [2.75, 3.05) is 46.4 Å². The SMILES string of the molecule is CN=C(NCCCCn1cnnc1)NCC1CN(CC(C)C)CCO1. The summed E-state index contributed by atoms with van der Waals surface area (Å²) in [7, 11) is 1.80. The lowest BCUT2D eigenvalue weighted by atomic mass is 10.2. The predicted molar refractivity (Wildman–Crippen MR) is 99.6 cm³/mol. The maximum atomic E-state index is 5.87. The van der Waals surface area contributed by atoms with Crippen LogP contribution in [0.3, 0.4) is 0 Å². The van der Waals surface area contributed by atoms with Crippen molar-refractivity contribution in [1.82, 2.24) is 30.3 Å². The maximum absolute atomic E-state index is 5.87. The zero-order chi connectivity index (χ0) is 17.9. The van der Waals surface area contributed by atoms with Gasteiger partial charge in [-0.15, -0.1) is 10.2 Å². The molecule has 142 valence electrons. The average molecular weight is 351 g/mol. The number of aryl methyl sites for hydroxylation is 1. The highest BCUT2D eigenvalue weighted by Gasteiger charge is 2.20. The summed E-state index contributed by atoms with van der Waals surface area (Å²) in [5.74, 6) is 1.54. The number of hydrogen-bond donors (Lipinski definition) is 2. The second-order valence-electron chi connectivity index (χ2n) is 6.93. The van der Waals surface area contributed by atoms with Gasteiger partial charge in [-0.25, -0.2) is 0 Å².